The summed E-state index contributed by atoms with van der Waals surface area (Å²) in [6.07, 6.45) is 2.95. The molecule has 0 radical (unpaired) electrons. The highest BCUT2D eigenvalue weighted by atomic mass is 32.1. The van der Waals surface area contributed by atoms with E-state index < -0.39 is 5.97 Å². The van der Waals surface area contributed by atoms with Crippen LogP contribution in [0, 0.1) is 18.3 Å². The van der Waals surface area contributed by atoms with Crippen LogP contribution in [0.3, 0.4) is 0 Å². The number of esters is 1. The van der Waals surface area contributed by atoms with Crippen LogP contribution in [-0.2, 0) is 14.3 Å². The van der Waals surface area contributed by atoms with Crippen molar-refractivity contribution in [3.63, 3.8) is 0 Å². The molecule has 112 valence electrons. The molecule has 0 bridgehead atoms. The summed E-state index contributed by atoms with van der Waals surface area (Å²) in [5.41, 5.74) is 2.81. The quantitative estimate of drug-likeness (QED) is 0.492. The molecule has 1 heterocycles. The highest BCUT2D eigenvalue weighted by Crippen LogP contribution is 2.32. The molecule has 1 aromatic carbocycles. The number of benzene rings is 1. The molecule has 6 heteroatoms. The maximum absolute atomic E-state index is 11.8. The van der Waals surface area contributed by atoms with Gasteiger partial charge in [0.1, 0.15) is 10.6 Å². The third-order valence-electron chi connectivity index (χ3n) is 3.00. The van der Waals surface area contributed by atoms with Gasteiger partial charge in [0, 0.05) is 11.8 Å². The van der Waals surface area contributed by atoms with Gasteiger partial charge >= 0.3 is 5.97 Å². The summed E-state index contributed by atoms with van der Waals surface area (Å²) in [7, 11) is 2.79. The van der Waals surface area contributed by atoms with Gasteiger partial charge in [0.15, 0.2) is 0 Å². The number of hydrogen-bond donors (Lipinski definition) is 0. The molecule has 0 amide bonds. The molecular formula is C16H14N2O3S. The minimum atomic E-state index is -0.478. The van der Waals surface area contributed by atoms with E-state index in [-0.39, 0.29) is 0 Å². The van der Waals surface area contributed by atoms with Gasteiger partial charge in [-0.1, -0.05) is 6.07 Å². The Hall–Kier alpha value is -2.65. The largest absolute Gasteiger partial charge is 0.503 e. The third kappa shape index (κ3) is 3.15. The number of aromatic nitrogens is 1. The minimum Gasteiger partial charge on any atom is -0.503 e. The number of thiazole rings is 1. The second-order valence-corrected chi connectivity index (χ2v) is 5.46. The first-order valence-corrected chi connectivity index (χ1v) is 7.21. The normalized spacial score (nSPS) is 10.9. The lowest BCUT2D eigenvalue weighted by Crippen LogP contribution is -2.02. The van der Waals surface area contributed by atoms with Gasteiger partial charge in [-0.05, 0) is 24.6 Å². The van der Waals surface area contributed by atoms with Crippen molar-refractivity contribution < 1.29 is 14.3 Å². The van der Waals surface area contributed by atoms with E-state index in [1.165, 1.54) is 31.8 Å². The van der Waals surface area contributed by atoms with Gasteiger partial charge in [0.05, 0.1) is 37.0 Å². The van der Waals surface area contributed by atoms with Crippen molar-refractivity contribution in [3.8, 4) is 16.6 Å². The number of methoxy groups -OCH3 is 2. The van der Waals surface area contributed by atoms with Crippen LogP contribution in [0.5, 0.6) is 0 Å². The van der Waals surface area contributed by atoms with E-state index in [2.05, 4.69) is 11.1 Å². The van der Waals surface area contributed by atoms with Crippen LogP contribution in [0.25, 0.3) is 16.1 Å². The molecule has 5 nitrogen and oxygen atoms in total. The zero-order valence-corrected chi connectivity index (χ0v) is 13.2. The van der Waals surface area contributed by atoms with E-state index in [1.807, 2.05) is 19.1 Å². The topological polar surface area (TPSA) is 72.2 Å². The van der Waals surface area contributed by atoms with Gasteiger partial charge in [-0.15, -0.1) is 11.3 Å². The Morgan fingerprint density at radius 2 is 2.18 bits per heavy atom. The zero-order valence-electron chi connectivity index (χ0n) is 12.4. The second-order valence-electron chi connectivity index (χ2n) is 4.43. The van der Waals surface area contributed by atoms with Crippen LogP contribution in [0.1, 0.15) is 16.0 Å². The Bertz CT molecular complexity index is 772. The maximum Gasteiger partial charge on any atom is 0.342 e. The van der Waals surface area contributed by atoms with Gasteiger partial charge in [-0.3, -0.25) is 0 Å². The molecule has 0 aliphatic rings. The maximum atomic E-state index is 11.8. The molecule has 2 aromatic rings. The van der Waals surface area contributed by atoms with E-state index in [0.29, 0.717) is 16.0 Å². The fourth-order valence-electron chi connectivity index (χ4n) is 1.93. The van der Waals surface area contributed by atoms with Crippen molar-refractivity contribution in [3.05, 3.63) is 46.7 Å². The predicted molar refractivity (Wildman–Crippen MR) is 84.0 cm³/mol. The summed E-state index contributed by atoms with van der Waals surface area (Å²) in [6, 6.07) is 7.51. The monoisotopic (exact) mass is 314 g/mol. The number of nitriles is 1. The molecule has 0 fully saturated rings. The fourth-order valence-corrected chi connectivity index (χ4v) is 2.93. The van der Waals surface area contributed by atoms with Crippen molar-refractivity contribution >= 4 is 22.9 Å². The Kier molecular flexibility index (Phi) is 4.92. The zero-order chi connectivity index (χ0) is 16.1. The number of nitrogens with zero attached hydrogens (tertiary/aromatic N) is 2. The molecule has 0 N–H and O–H groups in total. The standard InChI is InChI=1S/C16H14N2O3S/c1-10-6-11(7-17)4-5-12(10)15-18-8-14(22-15)13(9-20-2)16(19)21-3/h4-6,8-9H,1-3H3. The predicted octanol–water partition coefficient (Wildman–Crippen LogP) is 3.15. The highest BCUT2D eigenvalue weighted by Gasteiger charge is 2.17. The molecule has 0 saturated heterocycles. The van der Waals surface area contributed by atoms with E-state index in [1.54, 1.807) is 12.3 Å². The summed E-state index contributed by atoms with van der Waals surface area (Å²) in [5, 5.41) is 9.68. The summed E-state index contributed by atoms with van der Waals surface area (Å²) >= 11 is 1.36. The Balaban J connectivity index is 2.42. The van der Waals surface area contributed by atoms with Crippen molar-refractivity contribution in [2.75, 3.05) is 14.2 Å². The lowest BCUT2D eigenvalue weighted by Gasteiger charge is -2.03. The van der Waals surface area contributed by atoms with E-state index in [9.17, 15) is 4.79 Å². The number of rotatable bonds is 4. The molecule has 2 rings (SSSR count). The third-order valence-corrected chi connectivity index (χ3v) is 4.06. The van der Waals surface area contributed by atoms with Crippen molar-refractivity contribution in [2.24, 2.45) is 0 Å². The second kappa shape index (κ2) is 6.87. The first kappa shape index (κ1) is 15.7. The summed E-state index contributed by atoms with van der Waals surface area (Å²) in [4.78, 5) is 16.8. The molecule has 0 aliphatic carbocycles. The molecule has 0 spiro atoms. The van der Waals surface area contributed by atoms with Crippen molar-refractivity contribution in [2.45, 2.75) is 6.92 Å². The first-order valence-electron chi connectivity index (χ1n) is 6.39. The number of carbonyl (C=O) groups excluding carboxylic acids is 1. The average Bonchev–Trinajstić information content (AvgIpc) is 3.00. The smallest absolute Gasteiger partial charge is 0.342 e. The van der Waals surface area contributed by atoms with Crippen LogP contribution in [0.4, 0.5) is 0 Å². The SMILES string of the molecule is COC=C(C(=O)OC)c1cnc(-c2ccc(C#N)cc2C)s1. The summed E-state index contributed by atoms with van der Waals surface area (Å²) < 4.78 is 9.67. The van der Waals surface area contributed by atoms with Gasteiger partial charge < -0.3 is 9.47 Å². The number of carbonyl (C=O) groups is 1. The van der Waals surface area contributed by atoms with Crippen LogP contribution in [0.2, 0.25) is 0 Å². The molecule has 0 aliphatic heterocycles. The van der Waals surface area contributed by atoms with Gasteiger partial charge in [-0.25, -0.2) is 9.78 Å². The van der Waals surface area contributed by atoms with Gasteiger partial charge in [0.25, 0.3) is 0 Å². The van der Waals surface area contributed by atoms with Crippen molar-refractivity contribution in [1.29, 1.82) is 5.26 Å². The Morgan fingerprint density at radius 3 is 2.77 bits per heavy atom. The van der Waals surface area contributed by atoms with Crippen LogP contribution < -0.4 is 0 Å². The highest BCUT2D eigenvalue weighted by molar-refractivity contribution is 7.16. The van der Waals surface area contributed by atoms with Crippen LogP contribution in [-0.4, -0.2) is 25.2 Å². The summed E-state index contributed by atoms with van der Waals surface area (Å²) in [5.74, 6) is -0.478. The first-order chi connectivity index (χ1) is 10.6. The minimum absolute atomic E-state index is 0.319. The summed E-state index contributed by atoms with van der Waals surface area (Å²) in [6.45, 7) is 1.92. The van der Waals surface area contributed by atoms with Gasteiger partial charge in [-0.2, -0.15) is 5.26 Å². The number of hydrogen-bond acceptors (Lipinski definition) is 6. The van der Waals surface area contributed by atoms with E-state index in [4.69, 9.17) is 14.7 Å². The lowest BCUT2D eigenvalue weighted by molar-refractivity contribution is -0.133. The van der Waals surface area contributed by atoms with E-state index in [0.717, 1.165) is 16.1 Å². The van der Waals surface area contributed by atoms with Gasteiger partial charge in [0.2, 0.25) is 0 Å². The number of aryl methyl sites for hydroxylation is 1. The molecule has 0 atom stereocenters. The lowest BCUT2D eigenvalue weighted by atomic mass is 10.1. The Labute approximate surface area is 132 Å². The van der Waals surface area contributed by atoms with Crippen LogP contribution in [0.15, 0.2) is 30.7 Å². The molecular weight excluding hydrogens is 300 g/mol. The molecule has 0 unspecified atom stereocenters. The van der Waals surface area contributed by atoms with Crippen LogP contribution >= 0.6 is 11.3 Å². The molecule has 1 aromatic heterocycles. The fraction of sp³-hybridized carbons (Fsp3) is 0.188. The average molecular weight is 314 g/mol. The number of ether oxygens (including phenoxy) is 2. The van der Waals surface area contributed by atoms with E-state index >= 15 is 0 Å². The Morgan fingerprint density at radius 1 is 1.41 bits per heavy atom. The van der Waals surface area contributed by atoms with Crippen molar-refractivity contribution in [1.82, 2.24) is 4.98 Å². The molecule has 0 saturated carbocycles. The molecule has 22 heavy (non-hydrogen) atoms.